The summed E-state index contributed by atoms with van der Waals surface area (Å²) in [5.74, 6) is -0.167. The van der Waals surface area contributed by atoms with Crippen LogP contribution >= 0.6 is 0 Å². The van der Waals surface area contributed by atoms with Gasteiger partial charge < -0.3 is 10.1 Å². The molecule has 0 saturated carbocycles. The van der Waals surface area contributed by atoms with Crippen LogP contribution in [-0.2, 0) is 14.3 Å². The van der Waals surface area contributed by atoms with Crippen molar-refractivity contribution in [2.24, 2.45) is 0 Å². The molecule has 0 spiro atoms. The van der Waals surface area contributed by atoms with Gasteiger partial charge in [-0.3, -0.25) is 9.59 Å². The van der Waals surface area contributed by atoms with Crippen molar-refractivity contribution in [2.45, 2.75) is 39.2 Å². The predicted octanol–water partition coefficient (Wildman–Crippen LogP) is 1.21. The van der Waals surface area contributed by atoms with Gasteiger partial charge in [0.05, 0.1) is 13.2 Å². The second-order valence-electron chi connectivity index (χ2n) is 4.19. The number of carbonyl (C=O) groups excluding carboxylic acids is 2. The lowest BCUT2D eigenvalue weighted by atomic mass is 9.90. The molecule has 16 heavy (non-hydrogen) atoms. The van der Waals surface area contributed by atoms with Gasteiger partial charge in [0, 0.05) is 12.5 Å². The third-order valence-corrected chi connectivity index (χ3v) is 2.85. The van der Waals surface area contributed by atoms with Gasteiger partial charge in [0.15, 0.2) is 5.78 Å². The summed E-state index contributed by atoms with van der Waals surface area (Å²) in [5, 5.41) is 2.76. The van der Waals surface area contributed by atoms with Gasteiger partial charge in [-0.05, 0) is 13.3 Å². The van der Waals surface area contributed by atoms with E-state index >= 15 is 0 Å². The van der Waals surface area contributed by atoms with Crippen LogP contribution in [0.3, 0.4) is 0 Å². The predicted molar refractivity (Wildman–Crippen MR) is 61.0 cm³/mol. The molecule has 90 valence electrons. The van der Waals surface area contributed by atoms with Gasteiger partial charge in [-0.15, -0.1) is 0 Å². The Morgan fingerprint density at radius 3 is 2.31 bits per heavy atom. The first kappa shape index (κ1) is 12.9. The maximum Gasteiger partial charge on any atom is 0.244 e. The first-order chi connectivity index (χ1) is 7.54. The molecule has 4 heteroatoms. The number of hydrogen-bond acceptors (Lipinski definition) is 3. The maximum atomic E-state index is 11.7. The minimum absolute atomic E-state index is 0.0367. The molecule has 0 bridgehead atoms. The van der Waals surface area contributed by atoms with E-state index < -0.39 is 5.54 Å². The van der Waals surface area contributed by atoms with Crippen LogP contribution in [0.1, 0.15) is 33.6 Å². The Morgan fingerprint density at radius 2 is 1.94 bits per heavy atom. The van der Waals surface area contributed by atoms with Crippen LogP contribution in [0.15, 0.2) is 11.6 Å². The smallest absolute Gasteiger partial charge is 0.244 e. The van der Waals surface area contributed by atoms with Crippen molar-refractivity contribution >= 4 is 11.7 Å². The van der Waals surface area contributed by atoms with Crippen molar-refractivity contribution in [3.8, 4) is 0 Å². The Bertz CT molecular complexity index is 316. The summed E-state index contributed by atoms with van der Waals surface area (Å²) >= 11 is 0. The van der Waals surface area contributed by atoms with E-state index in [0.29, 0.717) is 19.6 Å². The molecule has 1 N–H and O–H groups in total. The molecule has 0 aromatic carbocycles. The number of hydrogen-bond donors (Lipinski definition) is 1. The summed E-state index contributed by atoms with van der Waals surface area (Å²) < 4.78 is 5.04. The van der Waals surface area contributed by atoms with E-state index in [1.165, 1.54) is 0 Å². The van der Waals surface area contributed by atoms with Crippen LogP contribution in [0.2, 0.25) is 0 Å². The molecule has 1 rings (SSSR count). The Balaban J connectivity index is 2.64. The second kappa shape index (κ2) is 5.25. The maximum absolute atomic E-state index is 11.7. The molecular formula is C12H19NO3. The van der Waals surface area contributed by atoms with Crippen LogP contribution in [0.4, 0.5) is 0 Å². The minimum atomic E-state index is -0.768. The average Bonchev–Trinajstić information content (AvgIpc) is 2.22. The van der Waals surface area contributed by atoms with Gasteiger partial charge in [0.2, 0.25) is 5.91 Å². The summed E-state index contributed by atoms with van der Waals surface area (Å²) in [6.45, 7) is 6.26. The van der Waals surface area contributed by atoms with Crippen molar-refractivity contribution in [3.63, 3.8) is 0 Å². The molecule has 1 amide bonds. The van der Waals surface area contributed by atoms with E-state index in [1.54, 1.807) is 13.0 Å². The molecule has 1 heterocycles. The number of nitrogens with one attached hydrogen (secondary N) is 1. The highest BCUT2D eigenvalue weighted by atomic mass is 16.5. The molecule has 4 nitrogen and oxygen atoms in total. The Morgan fingerprint density at radius 1 is 1.31 bits per heavy atom. The first-order valence-electron chi connectivity index (χ1n) is 5.64. The third-order valence-electron chi connectivity index (χ3n) is 2.85. The molecular weight excluding hydrogens is 206 g/mol. The SMILES string of the molecule is CCC(=O)C1(NC(=O)/C=C(\C)CC)COC1. The summed E-state index contributed by atoms with van der Waals surface area (Å²) in [7, 11) is 0. The lowest BCUT2D eigenvalue weighted by molar-refractivity contribution is -0.150. The zero-order valence-electron chi connectivity index (χ0n) is 10.1. The van der Waals surface area contributed by atoms with Crippen LogP contribution in [0, 0.1) is 0 Å². The molecule has 1 fully saturated rings. The van der Waals surface area contributed by atoms with Crippen LogP contribution in [0.25, 0.3) is 0 Å². The molecule has 0 aromatic rings. The van der Waals surface area contributed by atoms with E-state index in [0.717, 1.165) is 12.0 Å². The zero-order chi connectivity index (χ0) is 12.2. The topological polar surface area (TPSA) is 55.4 Å². The van der Waals surface area contributed by atoms with Crippen LogP contribution in [0.5, 0.6) is 0 Å². The fourth-order valence-electron chi connectivity index (χ4n) is 1.55. The normalized spacial score (nSPS) is 18.8. The number of allylic oxidation sites excluding steroid dienone is 1. The van der Waals surface area contributed by atoms with Gasteiger partial charge in [-0.2, -0.15) is 0 Å². The quantitative estimate of drug-likeness (QED) is 0.715. The first-order valence-corrected chi connectivity index (χ1v) is 5.64. The highest BCUT2D eigenvalue weighted by molar-refractivity contribution is 5.97. The van der Waals surface area contributed by atoms with Gasteiger partial charge in [0.25, 0.3) is 0 Å². The summed E-state index contributed by atoms with van der Waals surface area (Å²) in [6, 6.07) is 0. The van der Waals surface area contributed by atoms with Crippen molar-refractivity contribution in [1.29, 1.82) is 0 Å². The van der Waals surface area contributed by atoms with E-state index in [2.05, 4.69) is 5.32 Å². The minimum Gasteiger partial charge on any atom is -0.375 e. The Labute approximate surface area is 96.0 Å². The van der Waals surface area contributed by atoms with Gasteiger partial charge >= 0.3 is 0 Å². The standard InChI is InChI=1S/C12H19NO3/c1-4-9(3)6-11(15)13-12(7-16-8-12)10(14)5-2/h6H,4-5,7-8H2,1-3H3,(H,13,15)/b9-6+. The molecule has 0 atom stereocenters. The molecule has 1 saturated heterocycles. The number of ether oxygens (including phenoxy) is 1. The fourth-order valence-corrected chi connectivity index (χ4v) is 1.55. The molecule has 1 aliphatic rings. The highest BCUT2D eigenvalue weighted by Crippen LogP contribution is 2.19. The van der Waals surface area contributed by atoms with Gasteiger partial charge in [-0.25, -0.2) is 0 Å². The number of Topliss-reactive ketones (excluding diaryl/α,β-unsaturated/α-hetero) is 1. The molecule has 0 unspecified atom stereocenters. The Hall–Kier alpha value is -1.16. The highest BCUT2D eigenvalue weighted by Gasteiger charge is 2.45. The van der Waals surface area contributed by atoms with Crippen molar-refractivity contribution < 1.29 is 14.3 Å². The van der Waals surface area contributed by atoms with Crippen molar-refractivity contribution in [1.82, 2.24) is 5.32 Å². The van der Waals surface area contributed by atoms with E-state index in [9.17, 15) is 9.59 Å². The second-order valence-corrected chi connectivity index (χ2v) is 4.19. The van der Waals surface area contributed by atoms with Crippen molar-refractivity contribution in [3.05, 3.63) is 11.6 Å². The number of ketones is 1. The summed E-state index contributed by atoms with van der Waals surface area (Å²) in [4.78, 5) is 23.3. The lowest BCUT2D eigenvalue weighted by Crippen LogP contribution is -2.66. The lowest BCUT2D eigenvalue weighted by Gasteiger charge is -2.40. The van der Waals surface area contributed by atoms with Crippen molar-refractivity contribution in [2.75, 3.05) is 13.2 Å². The average molecular weight is 225 g/mol. The molecule has 0 radical (unpaired) electrons. The van der Waals surface area contributed by atoms with Gasteiger partial charge in [-0.1, -0.05) is 19.4 Å². The van der Waals surface area contributed by atoms with Crippen LogP contribution in [-0.4, -0.2) is 30.4 Å². The Kier molecular flexibility index (Phi) is 4.24. The summed E-state index contributed by atoms with van der Waals surface area (Å²) in [5.41, 5.74) is 0.230. The van der Waals surface area contributed by atoms with E-state index in [-0.39, 0.29) is 11.7 Å². The van der Waals surface area contributed by atoms with E-state index in [4.69, 9.17) is 4.74 Å². The molecule has 1 aliphatic heterocycles. The van der Waals surface area contributed by atoms with Gasteiger partial charge in [0.1, 0.15) is 5.54 Å². The number of amides is 1. The molecule has 0 aromatic heterocycles. The number of carbonyl (C=O) groups is 2. The monoisotopic (exact) mass is 225 g/mol. The molecule has 0 aliphatic carbocycles. The zero-order valence-corrected chi connectivity index (χ0v) is 10.1. The summed E-state index contributed by atoms with van der Waals surface area (Å²) in [6.07, 6.45) is 2.79. The van der Waals surface area contributed by atoms with E-state index in [1.807, 2.05) is 13.8 Å². The third kappa shape index (κ3) is 2.70. The fraction of sp³-hybridized carbons (Fsp3) is 0.667. The largest absolute Gasteiger partial charge is 0.375 e. The number of rotatable bonds is 5. The van der Waals surface area contributed by atoms with Crippen LogP contribution < -0.4 is 5.32 Å².